The van der Waals surface area contributed by atoms with Crippen LogP contribution >= 0.6 is 15.6 Å². The number of H-pyrrole nitrogens is 1. The average molecular weight is 707 g/mol. The summed E-state index contributed by atoms with van der Waals surface area (Å²) in [5, 5.41) is 56.8. The van der Waals surface area contributed by atoms with E-state index in [-0.39, 0.29) is 5.82 Å². The zero-order valence-electron chi connectivity index (χ0n) is 22.9. The Kier molecular flexibility index (Phi) is 13.7. The van der Waals surface area contributed by atoms with E-state index in [1.165, 1.54) is 17.2 Å². The van der Waals surface area contributed by atoms with Crippen LogP contribution in [-0.2, 0) is 18.6 Å². The Morgan fingerprint density at radius 3 is 1.65 bits per heavy atom. The number of hydrogen-bond donors (Lipinski definition) is 14. The molecule has 5 rings (SSSR count). The lowest BCUT2D eigenvalue weighted by atomic mass is 10.1. The highest BCUT2D eigenvalue weighted by molar-refractivity contribution is 7.45. The van der Waals surface area contributed by atoms with Gasteiger partial charge in [0.2, 0.25) is 0 Å². The molecule has 2 saturated heterocycles. The smallest absolute Gasteiger partial charge is 0.394 e. The van der Waals surface area contributed by atoms with Crippen molar-refractivity contribution in [2.75, 3.05) is 18.9 Å². The van der Waals surface area contributed by atoms with Crippen molar-refractivity contribution >= 4 is 32.6 Å². The molecule has 3 aromatic rings. The number of aliphatic hydroxyl groups is 6. The SMILES string of the molecule is Nc1ncnc2c1ncn2[C@@H]1O[C@H](CO)[C@@H](O)[C@H]1O.O=P(O)(O)O.O=P(O)(O)O.O=c1ccn([C@@H]2O[C@H](CO)[C@@H](O)[C@H]2O)c(=O)[nH]1. The van der Waals surface area contributed by atoms with Crippen LogP contribution in [0.2, 0.25) is 0 Å². The molecular weight excluding hydrogens is 676 g/mol. The fourth-order valence-corrected chi connectivity index (χ4v) is 3.90. The molecule has 0 unspecified atom stereocenters. The second-order valence-electron chi connectivity index (χ2n) is 9.08. The maximum atomic E-state index is 11.4. The Morgan fingerprint density at radius 2 is 1.24 bits per heavy atom. The summed E-state index contributed by atoms with van der Waals surface area (Å²) in [6.07, 6.45) is -5.00. The number of aromatic nitrogens is 6. The third kappa shape index (κ3) is 11.0. The van der Waals surface area contributed by atoms with E-state index in [9.17, 15) is 30.0 Å². The normalized spacial score (nSPS) is 27.6. The Balaban J connectivity index is 0.000000250. The lowest BCUT2D eigenvalue weighted by Gasteiger charge is -2.16. The van der Waals surface area contributed by atoms with Gasteiger partial charge in [-0.1, -0.05) is 0 Å². The Hall–Kier alpha value is -3.07. The summed E-state index contributed by atoms with van der Waals surface area (Å²) in [5.74, 6) is 0.218. The number of nitrogens with one attached hydrogen (secondary N) is 1. The summed E-state index contributed by atoms with van der Waals surface area (Å²) in [6, 6.07) is 1.09. The number of fused-ring (bicyclic) bond motifs is 1. The van der Waals surface area contributed by atoms with E-state index in [0.29, 0.717) is 11.2 Å². The summed E-state index contributed by atoms with van der Waals surface area (Å²) >= 11 is 0. The van der Waals surface area contributed by atoms with Gasteiger partial charge in [0.25, 0.3) is 5.56 Å². The largest absolute Gasteiger partial charge is 0.466 e. The van der Waals surface area contributed by atoms with Gasteiger partial charge >= 0.3 is 21.3 Å². The molecule has 8 atom stereocenters. The molecule has 0 bridgehead atoms. The molecule has 2 aliphatic rings. The van der Waals surface area contributed by atoms with Crippen molar-refractivity contribution in [1.82, 2.24) is 29.1 Å². The third-order valence-corrected chi connectivity index (χ3v) is 5.82. The summed E-state index contributed by atoms with van der Waals surface area (Å²) in [7, 11) is -9.28. The van der Waals surface area contributed by atoms with Gasteiger partial charge in [0.05, 0.1) is 19.5 Å². The molecule has 2 aliphatic heterocycles. The number of hydrogen-bond acceptors (Lipinski definition) is 16. The Labute approximate surface area is 254 Å². The van der Waals surface area contributed by atoms with Crippen LogP contribution in [0.5, 0.6) is 0 Å². The van der Waals surface area contributed by atoms with E-state index < -0.39 is 89.2 Å². The van der Waals surface area contributed by atoms with E-state index >= 15 is 0 Å². The maximum Gasteiger partial charge on any atom is 0.466 e. The molecule has 0 amide bonds. The number of aromatic amines is 1. The van der Waals surface area contributed by atoms with Crippen LogP contribution < -0.4 is 17.0 Å². The first-order valence-electron chi connectivity index (χ1n) is 12.2. The lowest BCUT2D eigenvalue weighted by Crippen LogP contribution is -2.37. The third-order valence-electron chi connectivity index (χ3n) is 5.82. The predicted molar refractivity (Wildman–Crippen MR) is 146 cm³/mol. The van der Waals surface area contributed by atoms with Crippen LogP contribution in [0.1, 0.15) is 12.5 Å². The van der Waals surface area contributed by atoms with Crippen molar-refractivity contribution in [3.63, 3.8) is 0 Å². The molecule has 0 radical (unpaired) electrons. The van der Waals surface area contributed by atoms with Crippen LogP contribution in [0, 0.1) is 0 Å². The maximum absolute atomic E-state index is 11.4. The van der Waals surface area contributed by atoms with E-state index in [1.54, 1.807) is 0 Å². The van der Waals surface area contributed by atoms with Gasteiger partial charge < -0.3 is 75.2 Å². The molecule has 3 aromatic heterocycles. The zero-order valence-corrected chi connectivity index (χ0v) is 24.7. The predicted octanol–water partition coefficient (Wildman–Crippen LogP) is -6.69. The Bertz CT molecular complexity index is 1600. The van der Waals surface area contributed by atoms with Crippen molar-refractivity contribution in [1.29, 1.82) is 0 Å². The standard InChI is InChI=1S/C10H13N5O4.C9H12N2O6.2H3O4P/c11-8-5-9(13-2-12-8)15(3-14-5)10-7(18)6(17)4(1-16)19-10;12-3-4-6(14)7(15)8(17-4)11-2-1-5(13)10-9(11)16;2*1-5(2,3)4/h2-4,6-7,10,16-18H,1H2,(H2,11,12,13);1-2,4,6-8,12,14-15H,3H2,(H,10,13,16);2*(H3,1,2,3,4)/t4-,6-,7-,10-;4-,6-,7-,8-;;/m11../s1. The second-order valence-corrected chi connectivity index (χ2v) is 11.1. The molecule has 5 heterocycles. The average Bonchev–Trinajstić information content (AvgIpc) is 3.57. The first kappa shape index (κ1) is 39.1. The first-order chi connectivity index (χ1) is 21.2. The zero-order chi connectivity index (χ0) is 35.1. The number of nitrogens with two attached hydrogens (primary N) is 1. The number of rotatable bonds is 4. The van der Waals surface area contributed by atoms with Gasteiger partial charge in [-0.25, -0.2) is 28.9 Å². The van der Waals surface area contributed by atoms with Crippen molar-refractivity contribution in [2.45, 2.75) is 49.1 Å². The highest BCUT2D eigenvalue weighted by Gasteiger charge is 2.44. The molecule has 0 aromatic carbocycles. The summed E-state index contributed by atoms with van der Waals surface area (Å²) < 4.78 is 30.7. The van der Waals surface area contributed by atoms with E-state index in [0.717, 1.165) is 16.8 Å². The minimum Gasteiger partial charge on any atom is -0.394 e. The number of phosphoric acid groups is 2. The number of anilines is 1. The van der Waals surface area contributed by atoms with Crippen LogP contribution in [0.25, 0.3) is 11.2 Å². The second kappa shape index (κ2) is 16.2. The van der Waals surface area contributed by atoms with Gasteiger partial charge in [-0.3, -0.25) is 18.9 Å². The van der Waals surface area contributed by atoms with Crippen LogP contribution in [0.3, 0.4) is 0 Å². The lowest BCUT2D eigenvalue weighted by molar-refractivity contribution is -0.0550. The Morgan fingerprint density at radius 1 is 0.783 bits per heavy atom. The van der Waals surface area contributed by atoms with Crippen molar-refractivity contribution in [3.05, 3.63) is 45.8 Å². The minimum atomic E-state index is -4.64. The van der Waals surface area contributed by atoms with Gasteiger partial charge in [-0.2, -0.15) is 0 Å². The van der Waals surface area contributed by atoms with Gasteiger partial charge in [0.15, 0.2) is 23.9 Å². The first-order valence-corrected chi connectivity index (χ1v) is 15.4. The minimum absolute atomic E-state index is 0.218. The molecule has 0 saturated carbocycles. The fourth-order valence-electron chi connectivity index (χ4n) is 3.90. The summed E-state index contributed by atoms with van der Waals surface area (Å²) in [4.78, 5) is 79.3. The number of aliphatic hydroxyl groups excluding tert-OH is 6. The van der Waals surface area contributed by atoms with Gasteiger partial charge in [-0.05, 0) is 0 Å². The van der Waals surface area contributed by atoms with Crippen molar-refractivity contribution in [3.8, 4) is 0 Å². The van der Waals surface area contributed by atoms with Crippen LogP contribution in [0.4, 0.5) is 5.82 Å². The topological polar surface area (TPSA) is 420 Å². The van der Waals surface area contributed by atoms with E-state index in [1.807, 2.05) is 4.98 Å². The summed E-state index contributed by atoms with van der Waals surface area (Å²) in [6.45, 7) is -0.870. The highest BCUT2D eigenvalue weighted by Crippen LogP contribution is 2.32. The monoisotopic (exact) mass is 707 g/mol. The van der Waals surface area contributed by atoms with Gasteiger partial charge in [-0.15, -0.1) is 0 Å². The number of nitrogen functional groups attached to an aromatic ring is 1. The molecule has 25 nitrogen and oxygen atoms in total. The number of imidazole rings is 1. The molecule has 0 aliphatic carbocycles. The number of nitrogens with zero attached hydrogens (tertiary/aromatic N) is 5. The van der Waals surface area contributed by atoms with Gasteiger partial charge in [0, 0.05) is 12.3 Å². The highest BCUT2D eigenvalue weighted by atomic mass is 31.2. The van der Waals surface area contributed by atoms with E-state index in [4.69, 9.17) is 63.9 Å². The summed E-state index contributed by atoms with van der Waals surface area (Å²) in [5.41, 5.74) is 5.12. The van der Waals surface area contributed by atoms with E-state index in [2.05, 4.69) is 15.0 Å². The van der Waals surface area contributed by atoms with Crippen LogP contribution in [0.15, 0.2) is 34.5 Å². The van der Waals surface area contributed by atoms with Crippen molar-refractivity contribution < 1.29 is 78.6 Å². The molecule has 27 heteroatoms. The molecular formula is C19H31N7O18P2. The molecule has 46 heavy (non-hydrogen) atoms. The quantitative estimate of drug-likeness (QED) is 0.112. The van der Waals surface area contributed by atoms with Crippen LogP contribution in [-0.4, -0.2) is 139 Å². The molecule has 2 fully saturated rings. The van der Waals surface area contributed by atoms with Crippen molar-refractivity contribution in [2.24, 2.45) is 0 Å². The number of ether oxygens (including phenoxy) is 2. The molecule has 260 valence electrons. The van der Waals surface area contributed by atoms with Gasteiger partial charge in [0.1, 0.15) is 48.5 Å². The molecule has 15 N–H and O–H groups in total. The molecule has 0 spiro atoms. The fraction of sp³-hybridized carbons (Fsp3) is 0.526.